The zero-order valence-corrected chi connectivity index (χ0v) is 12.5. The van der Waals surface area contributed by atoms with E-state index >= 15 is 0 Å². The first-order valence-electron chi connectivity index (χ1n) is 6.83. The van der Waals surface area contributed by atoms with E-state index in [2.05, 4.69) is 29.1 Å². The molecular weight excluding hydrogens is 250 g/mol. The Morgan fingerprint density at radius 1 is 1.15 bits per heavy atom. The maximum absolute atomic E-state index is 5.12. The highest BCUT2D eigenvalue weighted by atomic mass is 16.5. The molecule has 0 aliphatic heterocycles. The van der Waals surface area contributed by atoms with E-state index < -0.39 is 0 Å². The van der Waals surface area contributed by atoms with Crippen molar-refractivity contribution in [2.45, 2.75) is 26.9 Å². The second-order valence-corrected chi connectivity index (χ2v) is 4.70. The minimum Gasteiger partial charge on any atom is -0.380 e. The van der Waals surface area contributed by atoms with Crippen molar-refractivity contribution >= 4 is 5.82 Å². The van der Waals surface area contributed by atoms with Gasteiger partial charge in [-0.25, -0.2) is 9.97 Å². The molecule has 1 aromatic carbocycles. The molecule has 106 valence electrons. The highest BCUT2D eigenvalue weighted by Gasteiger charge is 2.10. The van der Waals surface area contributed by atoms with E-state index in [1.54, 1.807) is 7.11 Å². The Morgan fingerprint density at radius 2 is 1.85 bits per heavy atom. The Hall–Kier alpha value is -1.94. The number of ether oxygens (including phenoxy) is 1. The fourth-order valence-electron chi connectivity index (χ4n) is 2.20. The van der Waals surface area contributed by atoms with Gasteiger partial charge in [0.05, 0.1) is 6.61 Å². The number of rotatable bonds is 5. The maximum Gasteiger partial charge on any atom is 0.161 e. The third kappa shape index (κ3) is 2.96. The molecule has 4 nitrogen and oxygen atoms in total. The van der Waals surface area contributed by atoms with Crippen LogP contribution in [0.25, 0.3) is 11.4 Å². The molecule has 4 heteroatoms. The molecule has 2 rings (SSSR count). The smallest absolute Gasteiger partial charge is 0.161 e. The summed E-state index contributed by atoms with van der Waals surface area (Å²) in [6, 6.07) is 8.18. The summed E-state index contributed by atoms with van der Waals surface area (Å²) in [5.74, 6) is 1.66. The molecule has 0 saturated carbocycles. The van der Waals surface area contributed by atoms with Crippen LogP contribution in [0.3, 0.4) is 0 Å². The van der Waals surface area contributed by atoms with Gasteiger partial charge in [0.15, 0.2) is 5.82 Å². The van der Waals surface area contributed by atoms with Crippen molar-refractivity contribution in [3.63, 3.8) is 0 Å². The van der Waals surface area contributed by atoms with Crippen LogP contribution in [-0.4, -0.2) is 24.1 Å². The molecule has 1 aromatic heterocycles. The van der Waals surface area contributed by atoms with Gasteiger partial charge >= 0.3 is 0 Å². The molecule has 0 aliphatic carbocycles. The van der Waals surface area contributed by atoms with Crippen molar-refractivity contribution in [1.82, 2.24) is 9.97 Å². The van der Waals surface area contributed by atoms with E-state index in [1.807, 2.05) is 31.3 Å². The number of aryl methyl sites for hydroxylation is 1. The molecule has 0 amide bonds. The van der Waals surface area contributed by atoms with Gasteiger partial charge in [-0.2, -0.15) is 0 Å². The molecule has 2 aromatic rings. The van der Waals surface area contributed by atoms with E-state index in [0.717, 1.165) is 40.4 Å². The molecule has 0 saturated heterocycles. The third-order valence-corrected chi connectivity index (χ3v) is 3.34. The van der Waals surface area contributed by atoms with Crippen LogP contribution in [0.5, 0.6) is 0 Å². The average molecular weight is 271 g/mol. The minimum atomic E-state index is 0.622. The van der Waals surface area contributed by atoms with E-state index in [0.29, 0.717) is 6.61 Å². The monoisotopic (exact) mass is 271 g/mol. The van der Waals surface area contributed by atoms with Crippen molar-refractivity contribution in [3.05, 3.63) is 41.1 Å². The first-order chi connectivity index (χ1) is 9.69. The summed E-state index contributed by atoms with van der Waals surface area (Å²) in [4.78, 5) is 9.25. The van der Waals surface area contributed by atoms with Gasteiger partial charge in [-0.15, -0.1) is 0 Å². The molecule has 0 unspecified atom stereocenters. The number of hydrogen-bond acceptors (Lipinski definition) is 4. The average Bonchev–Trinajstić information content (AvgIpc) is 2.49. The number of anilines is 1. The molecule has 0 radical (unpaired) electrons. The predicted octanol–water partition coefficient (Wildman–Crippen LogP) is 3.20. The molecule has 1 heterocycles. The van der Waals surface area contributed by atoms with Gasteiger partial charge in [-0.3, -0.25) is 0 Å². The van der Waals surface area contributed by atoms with Crippen molar-refractivity contribution in [2.24, 2.45) is 0 Å². The number of nitrogens with zero attached hydrogens (tertiary/aromatic N) is 2. The Morgan fingerprint density at radius 3 is 2.40 bits per heavy atom. The Kier molecular flexibility index (Phi) is 4.69. The minimum absolute atomic E-state index is 0.622. The molecule has 0 fully saturated rings. The van der Waals surface area contributed by atoms with Crippen LogP contribution in [0, 0.1) is 6.92 Å². The lowest BCUT2D eigenvalue weighted by Gasteiger charge is -2.11. The number of aromatic nitrogens is 2. The number of benzene rings is 1. The predicted molar refractivity (Wildman–Crippen MR) is 81.8 cm³/mol. The molecular formula is C16H21N3O. The van der Waals surface area contributed by atoms with Gasteiger partial charge in [0.1, 0.15) is 5.82 Å². The van der Waals surface area contributed by atoms with Crippen LogP contribution >= 0.6 is 0 Å². The SMILES string of the molecule is CCc1nc(-c2ccc(COC)cc2)nc(NC)c1C. The van der Waals surface area contributed by atoms with Crippen molar-refractivity contribution < 1.29 is 4.74 Å². The Bertz CT molecular complexity index is 554. The highest BCUT2D eigenvalue weighted by molar-refractivity contribution is 5.60. The van der Waals surface area contributed by atoms with Crippen molar-refractivity contribution in [3.8, 4) is 11.4 Å². The van der Waals surface area contributed by atoms with Crippen LogP contribution in [0.2, 0.25) is 0 Å². The van der Waals surface area contributed by atoms with Crippen molar-refractivity contribution in [1.29, 1.82) is 0 Å². The summed E-state index contributed by atoms with van der Waals surface area (Å²) < 4.78 is 5.12. The van der Waals surface area contributed by atoms with Crippen molar-refractivity contribution in [2.75, 3.05) is 19.5 Å². The van der Waals surface area contributed by atoms with Crippen LogP contribution in [0.1, 0.15) is 23.7 Å². The summed E-state index contributed by atoms with van der Waals surface area (Å²) in [7, 11) is 3.59. The molecule has 0 aliphatic rings. The first-order valence-corrected chi connectivity index (χ1v) is 6.83. The molecule has 20 heavy (non-hydrogen) atoms. The normalized spacial score (nSPS) is 10.6. The zero-order chi connectivity index (χ0) is 14.5. The lowest BCUT2D eigenvalue weighted by Crippen LogP contribution is -2.04. The quantitative estimate of drug-likeness (QED) is 0.907. The fourth-order valence-corrected chi connectivity index (χ4v) is 2.20. The highest BCUT2D eigenvalue weighted by Crippen LogP contribution is 2.22. The number of hydrogen-bond donors (Lipinski definition) is 1. The summed E-state index contributed by atoms with van der Waals surface area (Å²) in [5, 5.41) is 3.14. The maximum atomic E-state index is 5.12. The largest absolute Gasteiger partial charge is 0.380 e. The molecule has 0 spiro atoms. The lowest BCUT2D eigenvalue weighted by molar-refractivity contribution is 0.185. The number of methoxy groups -OCH3 is 1. The first kappa shape index (κ1) is 14.5. The van der Waals surface area contributed by atoms with E-state index in [9.17, 15) is 0 Å². The lowest BCUT2D eigenvalue weighted by atomic mass is 10.1. The summed E-state index contributed by atoms with van der Waals surface area (Å²) in [6.45, 7) is 4.79. The van der Waals surface area contributed by atoms with E-state index in [-0.39, 0.29) is 0 Å². The summed E-state index contributed by atoms with van der Waals surface area (Å²) in [5.41, 5.74) is 4.37. The van der Waals surface area contributed by atoms with Gasteiger partial charge in [-0.1, -0.05) is 31.2 Å². The second kappa shape index (κ2) is 6.48. The van der Waals surface area contributed by atoms with Crippen LogP contribution in [0.4, 0.5) is 5.82 Å². The summed E-state index contributed by atoms with van der Waals surface area (Å²) in [6.07, 6.45) is 0.901. The topological polar surface area (TPSA) is 47.0 Å². The molecule has 1 N–H and O–H groups in total. The van der Waals surface area contributed by atoms with E-state index in [1.165, 1.54) is 0 Å². The molecule has 0 atom stereocenters. The third-order valence-electron chi connectivity index (χ3n) is 3.34. The van der Waals surface area contributed by atoms with Gasteiger partial charge in [0.2, 0.25) is 0 Å². The van der Waals surface area contributed by atoms with Gasteiger partial charge in [0.25, 0.3) is 0 Å². The van der Waals surface area contributed by atoms with E-state index in [4.69, 9.17) is 4.74 Å². The van der Waals surface area contributed by atoms with Gasteiger partial charge < -0.3 is 10.1 Å². The van der Waals surface area contributed by atoms with Crippen LogP contribution < -0.4 is 5.32 Å². The fraction of sp³-hybridized carbons (Fsp3) is 0.375. The van der Waals surface area contributed by atoms with Crippen LogP contribution in [0.15, 0.2) is 24.3 Å². The summed E-state index contributed by atoms with van der Waals surface area (Å²) >= 11 is 0. The van der Waals surface area contributed by atoms with Crippen LogP contribution in [-0.2, 0) is 17.8 Å². The van der Waals surface area contributed by atoms with Gasteiger partial charge in [-0.05, 0) is 18.9 Å². The molecule has 0 bridgehead atoms. The Labute approximate surface area is 120 Å². The Balaban J connectivity index is 2.41. The second-order valence-electron chi connectivity index (χ2n) is 4.70. The standard InChI is InChI=1S/C16H21N3O/c1-5-14-11(2)15(17-3)19-16(18-14)13-8-6-12(7-9-13)10-20-4/h6-9H,5,10H2,1-4H3,(H,17,18,19). The zero-order valence-electron chi connectivity index (χ0n) is 12.5. The van der Waals surface area contributed by atoms with Gasteiger partial charge in [0, 0.05) is 31.0 Å². The number of nitrogens with one attached hydrogen (secondary N) is 1.